The second kappa shape index (κ2) is 9.42. The molecule has 1 aromatic heterocycles. The zero-order valence-corrected chi connectivity index (χ0v) is 17.6. The molecule has 0 bridgehead atoms. The molecule has 30 heavy (non-hydrogen) atoms. The Kier molecular flexibility index (Phi) is 7.41. The highest BCUT2D eigenvalue weighted by atomic mass is 19.4. The van der Waals surface area contributed by atoms with Crippen LogP contribution < -0.4 is 4.90 Å². The number of likely N-dealkylation sites (N-methyl/N-ethyl adjacent to an activating group) is 2. The number of aromatic nitrogens is 2. The molecule has 0 aliphatic heterocycles. The molecule has 0 saturated carbocycles. The normalized spacial score (nSPS) is 12.0. The van der Waals surface area contributed by atoms with E-state index in [1.165, 1.54) is 23.1 Å². The van der Waals surface area contributed by atoms with Gasteiger partial charge in [0, 0.05) is 38.4 Å². The van der Waals surface area contributed by atoms with Gasteiger partial charge in [-0.2, -0.15) is 13.2 Å². The van der Waals surface area contributed by atoms with Crippen molar-refractivity contribution < 1.29 is 23.1 Å². The lowest BCUT2D eigenvalue weighted by Gasteiger charge is -2.26. The van der Waals surface area contributed by atoms with Gasteiger partial charge in [-0.15, -0.1) is 0 Å². The minimum absolute atomic E-state index is 0.0389. The molecule has 0 spiro atoms. The van der Waals surface area contributed by atoms with Gasteiger partial charge < -0.3 is 14.9 Å². The molecule has 2 rings (SSSR count). The molecule has 2 aromatic rings. The van der Waals surface area contributed by atoms with Gasteiger partial charge in [0.2, 0.25) is 5.95 Å². The zero-order valence-electron chi connectivity index (χ0n) is 17.6. The van der Waals surface area contributed by atoms with E-state index in [4.69, 9.17) is 0 Å². The highest BCUT2D eigenvalue weighted by molar-refractivity contribution is 5.95. The molecule has 1 amide bonds. The summed E-state index contributed by atoms with van der Waals surface area (Å²) in [4.78, 5) is 24.6. The summed E-state index contributed by atoms with van der Waals surface area (Å²) >= 11 is 0. The van der Waals surface area contributed by atoms with E-state index in [-0.39, 0.29) is 17.7 Å². The summed E-state index contributed by atoms with van der Waals surface area (Å²) in [6.45, 7) is 6.01. The van der Waals surface area contributed by atoms with Crippen LogP contribution in [0.15, 0.2) is 36.5 Å². The van der Waals surface area contributed by atoms with E-state index >= 15 is 0 Å². The van der Waals surface area contributed by atoms with Crippen LogP contribution in [0.2, 0.25) is 0 Å². The third-order valence-corrected chi connectivity index (χ3v) is 4.62. The van der Waals surface area contributed by atoms with Gasteiger partial charge in [0.15, 0.2) is 0 Å². The lowest BCUT2D eigenvalue weighted by Crippen LogP contribution is -2.38. The molecule has 1 heterocycles. The first-order valence-corrected chi connectivity index (χ1v) is 9.63. The van der Waals surface area contributed by atoms with Crippen LogP contribution in [0.5, 0.6) is 0 Å². The van der Waals surface area contributed by atoms with Gasteiger partial charge in [0.1, 0.15) is 5.60 Å². The van der Waals surface area contributed by atoms with Crippen molar-refractivity contribution >= 4 is 11.9 Å². The Labute approximate surface area is 174 Å². The molecule has 0 fully saturated rings. The molecular weight excluding hydrogens is 397 g/mol. The largest absolute Gasteiger partial charge is 0.393 e. The second-order valence-corrected chi connectivity index (χ2v) is 7.56. The molecule has 1 aromatic carbocycles. The number of carbonyl (C=O) groups excluding carboxylic acids is 1. The van der Waals surface area contributed by atoms with Gasteiger partial charge in [-0.1, -0.05) is 18.2 Å². The summed E-state index contributed by atoms with van der Waals surface area (Å²) in [5.74, 6) is -0.0625. The molecule has 0 unspecified atom stereocenters. The van der Waals surface area contributed by atoms with Crippen molar-refractivity contribution in [3.05, 3.63) is 53.3 Å². The number of hydrogen-bond acceptors (Lipinski definition) is 5. The molecule has 1 N–H and O–H groups in total. The summed E-state index contributed by atoms with van der Waals surface area (Å²) in [6.07, 6.45) is -4.00. The Morgan fingerprint density at radius 2 is 1.80 bits per heavy atom. The van der Waals surface area contributed by atoms with Gasteiger partial charge in [-0.3, -0.25) is 4.79 Å². The Hall–Kier alpha value is -2.68. The Bertz CT molecular complexity index is 866. The van der Waals surface area contributed by atoms with Crippen molar-refractivity contribution in [3.63, 3.8) is 0 Å². The number of aliphatic hydroxyl groups is 1. The van der Waals surface area contributed by atoms with Crippen LogP contribution in [-0.2, 0) is 12.0 Å². The number of halogens is 3. The van der Waals surface area contributed by atoms with E-state index in [2.05, 4.69) is 9.97 Å². The van der Waals surface area contributed by atoms with Crippen molar-refractivity contribution in [2.24, 2.45) is 0 Å². The van der Waals surface area contributed by atoms with Gasteiger partial charge in [-0.05, 0) is 38.5 Å². The van der Waals surface area contributed by atoms with Gasteiger partial charge in [0.25, 0.3) is 5.91 Å². The molecule has 0 saturated heterocycles. The van der Waals surface area contributed by atoms with E-state index in [1.54, 1.807) is 51.0 Å². The van der Waals surface area contributed by atoms with E-state index in [9.17, 15) is 23.1 Å². The van der Waals surface area contributed by atoms with Crippen molar-refractivity contribution in [2.45, 2.75) is 39.0 Å². The monoisotopic (exact) mass is 424 g/mol. The Morgan fingerprint density at radius 3 is 2.40 bits per heavy atom. The van der Waals surface area contributed by atoms with Crippen molar-refractivity contribution in [3.8, 4) is 0 Å². The van der Waals surface area contributed by atoms with Crippen LogP contribution in [0.25, 0.3) is 0 Å². The first-order chi connectivity index (χ1) is 13.9. The van der Waals surface area contributed by atoms with Crippen LogP contribution in [0.3, 0.4) is 0 Å². The SMILES string of the molecule is CCN(CCN(C)c1nccc(C(C)(C)O)n1)C(=O)c1ccccc1CC(F)(F)F. The molecule has 0 aliphatic carbocycles. The van der Waals surface area contributed by atoms with Crippen LogP contribution >= 0.6 is 0 Å². The number of hydrogen-bond donors (Lipinski definition) is 1. The average Bonchev–Trinajstić information content (AvgIpc) is 2.66. The topological polar surface area (TPSA) is 69.6 Å². The first-order valence-electron chi connectivity index (χ1n) is 9.63. The molecule has 0 atom stereocenters. The highest BCUT2D eigenvalue weighted by Crippen LogP contribution is 2.24. The minimum Gasteiger partial charge on any atom is -0.384 e. The smallest absolute Gasteiger partial charge is 0.384 e. The third-order valence-electron chi connectivity index (χ3n) is 4.62. The second-order valence-electron chi connectivity index (χ2n) is 7.56. The summed E-state index contributed by atoms with van der Waals surface area (Å²) in [5.41, 5.74) is -0.641. The van der Waals surface area contributed by atoms with E-state index in [1.807, 2.05) is 0 Å². The van der Waals surface area contributed by atoms with E-state index in [0.717, 1.165) is 0 Å². The van der Waals surface area contributed by atoms with Crippen LogP contribution in [0.1, 0.15) is 42.4 Å². The average molecular weight is 424 g/mol. The number of benzene rings is 1. The lowest BCUT2D eigenvalue weighted by atomic mass is 10.0. The summed E-state index contributed by atoms with van der Waals surface area (Å²) in [7, 11) is 1.75. The number of carbonyl (C=O) groups is 1. The maximum atomic E-state index is 12.9. The number of nitrogens with zero attached hydrogens (tertiary/aromatic N) is 4. The Balaban J connectivity index is 2.12. The maximum absolute atomic E-state index is 12.9. The predicted molar refractivity (Wildman–Crippen MR) is 108 cm³/mol. The van der Waals surface area contributed by atoms with Crippen molar-refractivity contribution in [1.29, 1.82) is 0 Å². The standard InChI is InChI=1S/C21H27F3N4O2/c1-5-28(18(29)16-9-7-6-8-15(16)14-21(22,23)24)13-12-27(4)19-25-11-10-17(26-19)20(2,3)30/h6-11,30H,5,12-14H2,1-4H3. The number of amides is 1. The van der Waals surface area contributed by atoms with Gasteiger partial charge in [0.05, 0.1) is 12.1 Å². The maximum Gasteiger partial charge on any atom is 0.393 e. The van der Waals surface area contributed by atoms with Crippen molar-refractivity contribution in [1.82, 2.24) is 14.9 Å². The third kappa shape index (κ3) is 6.41. The Morgan fingerprint density at radius 1 is 1.13 bits per heavy atom. The molecule has 0 aliphatic rings. The summed E-state index contributed by atoms with van der Waals surface area (Å²) in [6, 6.07) is 7.43. The molecule has 9 heteroatoms. The van der Waals surface area contributed by atoms with Crippen LogP contribution in [0.4, 0.5) is 19.1 Å². The zero-order chi connectivity index (χ0) is 22.5. The van der Waals surface area contributed by atoms with Crippen molar-refractivity contribution in [2.75, 3.05) is 31.6 Å². The van der Waals surface area contributed by atoms with Crippen LogP contribution in [0, 0.1) is 0 Å². The molecule has 0 radical (unpaired) electrons. The predicted octanol–water partition coefficient (Wildman–Crippen LogP) is 3.41. The fraction of sp³-hybridized carbons (Fsp3) is 0.476. The van der Waals surface area contributed by atoms with Gasteiger partial charge in [-0.25, -0.2) is 9.97 Å². The minimum atomic E-state index is -4.39. The van der Waals surface area contributed by atoms with E-state index in [0.29, 0.717) is 24.7 Å². The fourth-order valence-electron chi connectivity index (χ4n) is 2.92. The van der Waals surface area contributed by atoms with E-state index < -0.39 is 24.1 Å². The van der Waals surface area contributed by atoms with Gasteiger partial charge >= 0.3 is 6.18 Å². The van der Waals surface area contributed by atoms with Crippen LogP contribution in [-0.4, -0.2) is 58.7 Å². The molecule has 6 nitrogen and oxygen atoms in total. The number of rotatable bonds is 8. The first kappa shape index (κ1) is 23.6. The summed E-state index contributed by atoms with van der Waals surface area (Å²) in [5, 5.41) is 10.1. The molecular formula is C21H27F3N4O2. The quantitative estimate of drug-likeness (QED) is 0.703. The summed E-state index contributed by atoms with van der Waals surface area (Å²) < 4.78 is 38.6. The fourth-order valence-corrected chi connectivity index (χ4v) is 2.92. The number of alkyl halides is 3. The number of anilines is 1. The highest BCUT2D eigenvalue weighted by Gasteiger charge is 2.30. The molecule has 164 valence electrons. The lowest BCUT2D eigenvalue weighted by molar-refractivity contribution is -0.127.